The van der Waals surface area contributed by atoms with Crippen LogP contribution in [0.5, 0.6) is 12.0 Å². The van der Waals surface area contributed by atoms with Crippen molar-refractivity contribution in [3.8, 4) is 12.0 Å². The molecule has 1 aromatic heterocycles. The zero-order valence-electron chi connectivity index (χ0n) is 12.1. The van der Waals surface area contributed by atoms with Gasteiger partial charge in [-0.2, -0.15) is 9.97 Å². The molecule has 0 aliphatic carbocycles. The van der Waals surface area contributed by atoms with Gasteiger partial charge in [-0.1, -0.05) is 20.8 Å². The Labute approximate surface area is 113 Å². The van der Waals surface area contributed by atoms with Crippen LogP contribution in [-0.2, 0) is 0 Å². The summed E-state index contributed by atoms with van der Waals surface area (Å²) in [5.41, 5.74) is 0.0651. The Morgan fingerprint density at radius 2 is 1.63 bits per heavy atom. The first kappa shape index (κ1) is 15.4. The van der Waals surface area contributed by atoms with Gasteiger partial charge in [-0.05, 0) is 11.8 Å². The lowest BCUT2D eigenvalue weighted by molar-refractivity contribution is 0.132. The van der Waals surface area contributed by atoms with Crippen molar-refractivity contribution in [2.75, 3.05) is 26.1 Å². The number of methoxy groups -OCH3 is 2. The first-order valence-corrected chi connectivity index (χ1v) is 6.10. The quantitative estimate of drug-likeness (QED) is 0.800. The number of aromatic nitrogens is 3. The number of aliphatic hydroxyl groups excluding tert-OH is 1. The lowest BCUT2D eigenvalue weighted by Gasteiger charge is -2.22. The minimum atomic E-state index is -0.478. The molecule has 1 aromatic rings. The van der Waals surface area contributed by atoms with Crippen molar-refractivity contribution >= 4 is 5.95 Å². The Kier molecular flexibility index (Phi) is 5.29. The van der Waals surface area contributed by atoms with Crippen LogP contribution < -0.4 is 14.8 Å². The third kappa shape index (κ3) is 5.69. The molecule has 0 aliphatic rings. The van der Waals surface area contributed by atoms with Crippen molar-refractivity contribution in [3.05, 3.63) is 0 Å². The Morgan fingerprint density at radius 1 is 1.11 bits per heavy atom. The largest absolute Gasteiger partial charge is 0.467 e. The number of nitrogens with zero attached hydrogens (tertiary/aromatic N) is 3. The average Bonchev–Trinajstić information content (AvgIpc) is 2.33. The molecule has 0 saturated carbocycles. The second-order valence-electron chi connectivity index (χ2n) is 5.43. The van der Waals surface area contributed by atoms with Gasteiger partial charge in [-0.25, -0.2) is 0 Å². The number of ether oxygens (including phenoxy) is 2. The van der Waals surface area contributed by atoms with Gasteiger partial charge >= 0.3 is 12.0 Å². The number of aliphatic hydroxyl groups is 1. The predicted molar refractivity (Wildman–Crippen MR) is 71.5 cm³/mol. The van der Waals surface area contributed by atoms with Crippen LogP contribution in [0.15, 0.2) is 0 Å². The summed E-state index contributed by atoms with van der Waals surface area (Å²) >= 11 is 0. The molecule has 19 heavy (non-hydrogen) atoms. The predicted octanol–water partition coefficient (Wildman–Crippen LogP) is 1.10. The highest BCUT2D eigenvalue weighted by atomic mass is 16.5. The van der Waals surface area contributed by atoms with Gasteiger partial charge in [0.1, 0.15) is 0 Å². The van der Waals surface area contributed by atoms with Gasteiger partial charge in [0.05, 0.1) is 20.3 Å². The van der Waals surface area contributed by atoms with Gasteiger partial charge < -0.3 is 19.9 Å². The third-order valence-electron chi connectivity index (χ3n) is 2.30. The number of nitrogens with one attached hydrogen (secondary N) is 1. The van der Waals surface area contributed by atoms with E-state index in [2.05, 4.69) is 41.0 Å². The number of anilines is 1. The molecule has 0 fully saturated rings. The minimum absolute atomic E-state index is 0.0651. The number of hydrogen-bond acceptors (Lipinski definition) is 7. The van der Waals surface area contributed by atoms with Gasteiger partial charge in [0, 0.05) is 6.54 Å². The summed E-state index contributed by atoms with van der Waals surface area (Å²) in [7, 11) is 2.93. The zero-order valence-corrected chi connectivity index (χ0v) is 12.1. The molecule has 1 rings (SSSR count). The summed E-state index contributed by atoms with van der Waals surface area (Å²) in [5.74, 6) is 0.316. The SMILES string of the molecule is COc1nc(NCC(O)CC(C)(C)C)nc(OC)n1. The molecular weight excluding hydrogens is 248 g/mol. The average molecular weight is 270 g/mol. The molecule has 0 bridgehead atoms. The van der Waals surface area contributed by atoms with E-state index >= 15 is 0 Å². The molecule has 108 valence electrons. The molecule has 0 amide bonds. The van der Waals surface area contributed by atoms with E-state index in [0.29, 0.717) is 18.9 Å². The second kappa shape index (κ2) is 6.51. The van der Waals surface area contributed by atoms with E-state index in [1.54, 1.807) is 0 Å². The van der Waals surface area contributed by atoms with E-state index in [1.165, 1.54) is 14.2 Å². The fraction of sp³-hybridized carbons (Fsp3) is 0.750. The van der Waals surface area contributed by atoms with Gasteiger partial charge in [-0.15, -0.1) is 4.98 Å². The molecule has 0 aliphatic heterocycles. The molecule has 0 aromatic carbocycles. The van der Waals surface area contributed by atoms with E-state index in [9.17, 15) is 5.11 Å². The fourth-order valence-electron chi connectivity index (χ4n) is 1.59. The Balaban J connectivity index is 2.62. The molecule has 1 unspecified atom stereocenters. The van der Waals surface area contributed by atoms with Crippen LogP contribution in [0.25, 0.3) is 0 Å². The van der Waals surface area contributed by atoms with E-state index in [0.717, 1.165) is 0 Å². The molecular formula is C12H22N4O3. The first-order chi connectivity index (χ1) is 8.84. The summed E-state index contributed by atoms with van der Waals surface area (Å²) in [6, 6.07) is 0.333. The van der Waals surface area contributed by atoms with Gasteiger partial charge in [0.25, 0.3) is 0 Å². The highest BCUT2D eigenvalue weighted by molar-refractivity contribution is 5.27. The monoisotopic (exact) mass is 270 g/mol. The maximum Gasteiger partial charge on any atom is 0.324 e. The summed E-state index contributed by atoms with van der Waals surface area (Å²) in [6.07, 6.45) is 0.202. The fourth-order valence-corrected chi connectivity index (χ4v) is 1.59. The van der Waals surface area contributed by atoms with Crippen molar-refractivity contribution in [2.24, 2.45) is 5.41 Å². The van der Waals surface area contributed by atoms with Crippen molar-refractivity contribution < 1.29 is 14.6 Å². The summed E-state index contributed by atoms with van der Waals surface area (Å²) in [4.78, 5) is 11.9. The van der Waals surface area contributed by atoms with Crippen molar-refractivity contribution in [1.29, 1.82) is 0 Å². The second-order valence-corrected chi connectivity index (χ2v) is 5.43. The van der Waals surface area contributed by atoms with Crippen molar-refractivity contribution in [2.45, 2.75) is 33.3 Å². The summed E-state index contributed by atoms with van der Waals surface area (Å²) in [6.45, 7) is 6.58. The molecule has 7 heteroatoms. The highest BCUT2D eigenvalue weighted by Crippen LogP contribution is 2.21. The molecule has 2 N–H and O–H groups in total. The maximum atomic E-state index is 9.90. The normalized spacial score (nSPS) is 12.9. The summed E-state index contributed by atoms with van der Waals surface area (Å²) < 4.78 is 9.88. The number of rotatable bonds is 6. The van der Waals surface area contributed by atoms with Crippen molar-refractivity contribution in [1.82, 2.24) is 15.0 Å². The van der Waals surface area contributed by atoms with E-state index in [1.807, 2.05) is 0 Å². The number of hydrogen-bond donors (Lipinski definition) is 2. The Morgan fingerprint density at radius 3 is 2.05 bits per heavy atom. The highest BCUT2D eigenvalue weighted by Gasteiger charge is 2.17. The van der Waals surface area contributed by atoms with Gasteiger partial charge in [0.15, 0.2) is 0 Å². The standard InChI is InChI=1S/C12H22N4O3/c1-12(2,3)6-8(17)7-13-9-14-10(18-4)16-11(15-9)19-5/h8,17H,6-7H2,1-5H3,(H,13,14,15,16). The lowest BCUT2D eigenvalue weighted by atomic mass is 9.89. The molecule has 1 atom stereocenters. The first-order valence-electron chi connectivity index (χ1n) is 6.10. The minimum Gasteiger partial charge on any atom is -0.467 e. The smallest absolute Gasteiger partial charge is 0.324 e. The molecule has 0 spiro atoms. The zero-order chi connectivity index (χ0) is 14.5. The van der Waals surface area contributed by atoms with E-state index in [-0.39, 0.29) is 17.4 Å². The van der Waals surface area contributed by atoms with Crippen LogP contribution in [0.3, 0.4) is 0 Å². The van der Waals surface area contributed by atoms with Gasteiger partial charge in [0.2, 0.25) is 5.95 Å². The van der Waals surface area contributed by atoms with Crippen LogP contribution in [-0.4, -0.2) is 46.9 Å². The Bertz CT molecular complexity index is 384. The van der Waals surface area contributed by atoms with Crippen LogP contribution in [0.1, 0.15) is 27.2 Å². The lowest BCUT2D eigenvalue weighted by Crippen LogP contribution is -2.25. The van der Waals surface area contributed by atoms with E-state index in [4.69, 9.17) is 9.47 Å². The van der Waals surface area contributed by atoms with Crippen LogP contribution >= 0.6 is 0 Å². The van der Waals surface area contributed by atoms with Crippen LogP contribution in [0.2, 0.25) is 0 Å². The Hall–Kier alpha value is -1.63. The third-order valence-corrected chi connectivity index (χ3v) is 2.30. The van der Waals surface area contributed by atoms with E-state index < -0.39 is 6.10 Å². The van der Waals surface area contributed by atoms with Crippen LogP contribution in [0, 0.1) is 5.41 Å². The molecule has 0 saturated heterocycles. The van der Waals surface area contributed by atoms with Gasteiger partial charge in [-0.3, -0.25) is 0 Å². The topological polar surface area (TPSA) is 89.4 Å². The molecule has 0 radical (unpaired) electrons. The summed E-state index contributed by atoms with van der Waals surface area (Å²) in [5, 5.41) is 12.8. The van der Waals surface area contributed by atoms with Crippen LogP contribution in [0.4, 0.5) is 5.95 Å². The maximum absolute atomic E-state index is 9.90. The molecule has 1 heterocycles. The van der Waals surface area contributed by atoms with Crippen molar-refractivity contribution in [3.63, 3.8) is 0 Å². The molecule has 7 nitrogen and oxygen atoms in total.